The molecule has 6 nitrogen and oxygen atoms in total. The average Bonchev–Trinajstić information content (AvgIpc) is 3.10. The number of nitrogens with zero attached hydrogens (tertiary/aromatic N) is 1. The Hall–Kier alpha value is -1.92. The molecule has 154 valence electrons. The summed E-state index contributed by atoms with van der Waals surface area (Å²) in [5.74, 6) is -0.284. The van der Waals surface area contributed by atoms with Crippen molar-refractivity contribution in [2.24, 2.45) is 11.3 Å². The number of ether oxygens (including phenoxy) is 1. The van der Waals surface area contributed by atoms with Gasteiger partial charge in [0.2, 0.25) is 11.8 Å². The van der Waals surface area contributed by atoms with Crippen molar-refractivity contribution in [1.29, 1.82) is 0 Å². The number of nitrogens with one attached hydrogen (secondary N) is 2. The van der Waals surface area contributed by atoms with Gasteiger partial charge in [-0.05, 0) is 50.0 Å². The molecule has 0 aliphatic carbocycles. The lowest BCUT2D eigenvalue weighted by molar-refractivity contribution is -0.127. The van der Waals surface area contributed by atoms with Crippen LogP contribution in [0, 0.1) is 11.3 Å². The SMILES string of the molecule is CCCc1ccc(N2CC(C(=O)NCC3(COC)CCNCC3)CC2=O)cc1. The van der Waals surface area contributed by atoms with Gasteiger partial charge in [-0.3, -0.25) is 9.59 Å². The number of methoxy groups -OCH3 is 1. The highest BCUT2D eigenvalue weighted by atomic mass is 16.5. The van der Waals surface area contributed by atoms with Gasteiger partial charge in [0.05, 0.1) is 12.5 Å². The third-order valence-corrected chi connectivity index (χ3v) is 6.03. The Morgan fingerprint density at radius 1 is 1.29 bits per heavy atom. The molecule has 3 rings (SSSR count). The van der Waals surface area contributed by atoms with E-state index in [1.54, 1.807) is 12.0 Å². The van der Waals surface area contributed by atoms with Crippen LogP contribution in [0.5, 0.6) is 0 Å². The average molecular weight is 388 g/mol. The Kier molecular flexibility index (Phi) is 7.08. The van der Waals surface area contributed by atoms with Crippen molar-refractivity contribution in [3.63, 3.8) is 0 Å². The minimum atomic E-state index is -0.288. The summed E-state index contributed by atoms with van der Waals surface area (Å²) in [6.07, 6.45) is 4.39. The van der Waals surface area contributed by atoms with Crippen molar-refractivity contribution in [3.8, 4) is 0 Å². The van der Waals surface area contributed by atoms with Gasteiger partial charge in [0, 0.05) is 37.7 Å². The van der Waals surface area contributed by atoms with Gasteiger partial charge in [-0.2, -0.15) is 0 Å². The van der Waals surface area contributed by atoms with Gasteiger partial charge in [0.25, 0.3) is 0 Å². The molecule has 1 aromatic carbocycles. The maximum atomic E-state index is 12.7. The number of hydrogen-bond donors (Lipinski definition) is 2. The molecule has 1 atom stereocenters. The molecule has 0 spiro atoms. The highest BCUT2D eigenvalue weighted by Crippen LogP contribution is 2.29. The van der Waals surface area contributed by atoms with E-state index in [0.29, 0.717) is 19.7 Å². The Labute approximate surface area is 168 Å². The summed E-state index contributed by atoms with van der Waals surface area (Å²) in [4.78, 5) is 27.0. The highest BCUT2D eigenvalue weighted by Gasteiger charge is 2.37. The standard InChI is InChI=1S/C22H33N3O3/c1-3-4-17-5-7-19(8-6-17)25-14-18(13-20(25)26)21(27)24-15-22(16-28-2)9-11-23-12-10-22/h5-8,18,23H,3-4,9-16H2,1-2H3,(H,24,27). The third kappa shape index (κ3) is 4.92. The van der Waals surface area contributed by atoms with Crippen molar-refractivity contribution >= 4 is 17.5 Å². The molecule has 2 aliphatic rings. The lowest BCUT2D eigenvalue weighted by Crippen LogP contribution is -2.48. The summed E-state index contributed by atoms with van der Waals surface area (Å²) < 4.78 is 5.42. The van der Waals surface area contributed by atoms with Crippen molar-refractivity contribution in [2.75, 3.05) is 44.8 Å². The molecule has 0 bridgehead atoms. The number of carbonyl (C=O) groups excluding carboxylic acids is 2. The van der Waals surface area contributed by atoms with E-state index in [9.17, 15) is 9.59 Å². The lowest BCUT2D eigenvalue weighted by Gasteiger charge is -2.37. The first-order valence-electron chi connectivity index (χ1n) is 10.4. The number of rotatable bonds is 8. The summed E-state index contributed by atoms with van der Waals surface area (Å²) in [5.41, 5.74) is 2.15. The zero-order valence-electron chi connectivity index (χ0n) is 17.1. The molecule has 2 amide bonds. The number of anilines is 1. The Morgan fingerprint density at radius 2 is 2.00 bits per heavy atom. The number of piperidine rings is 1. The molecule has 28 heavy (non-hydrogen) atoms. The van der Waals surface area contributed by atoms with E-state index in [-0.39, 0.29) is 29.6 Å². The van der Waals surface area contributed by atoms with Crippen molar-refractivity contribution in [3.05, 3.63) is 29.8 Å². The molecular weight excluding hydrogens is 354 g/mol. The topological polar surface area (TPSA) is 70.7 Å². The molecule has 6 heteroatoms. The van der Waals surface area contributed by atoms with Crippen molar-refractivity contribution in [2.45, 2.75) is 39.0 Å². The van der Waals surface area contributed by atoms with Crippen LogP contribution < -0.4 is 15.5 Å². The summed E-state index contributed by atoms with van der Waals surface area (Å²) >= 11 is 0. The number of aryl methyl sites for hydroxylation is 1. The van der Waals surface area contributed by atoms with E-state index in [2.05, 4.69) is 29.7 Å². The van der Waals surface area contributed by atoms with Crippen LogP contribution in [-0.2, 0) is 20.7 Å². The Balaban J connectivity index is 1.57. The fourth-order valence-corrected chi connectivity index (χ4v) is 4.32. The van der Waals surface area contributed by atoms with E-state index in [4.69, 9.17) is 4.74 Å². The van der Waals surface area contributed by atoms with Gasteiger partial charge in [-0.25, -0.2) is 0 Å². The first kappa shape index (κ1) is 20.8. The van der Waals surface area contributed by atoms with Gasteiger partial charge < -0.3 is 20.3 Å². The van der Waals surface area contributed by atoms with E-state index in [1.165, 1.54) is 5.56 Å². The smallest absolute Gasteiger partial charge is 0.227 e. The molecule has 2 fully saturated rings. The van der Waals surface area contributed by atoms with Gasteiger partial charge >= 0.3 is 0 Å². The largest absolute Gasteiger partial charge is 0.384 e. The summed E-state index contributed by atoms with van der Waals surface area (Å²) in [5, 5.41) is 6.48. The van der Waals surface area contributed by atoms with E-state index in [1.807, 2.05) is 12.1 Å². The van der Waals surface area contributed by atoms with Crippen LogP contribution in [-0.4, -0.2) is 51.7 Å². The molecule has 0 aromatic heterocycles. The molecule has 1 aromatic rings. The van der Waals surface area contributed by atoms with Gasteiger partial charge in [-0.1, -0.05) is 25.5 Å². The quantitative estimate of drug-likeness (QED) is 0.717. The van der Waals surface area contributed by atoms with Crippen LogP contribution in [0.4, 0.5) is 5.69 Å². The van der Waals surface area contributed by atoms with Crippen LogP contribution >= 0.6 is 0 Å². The zero-order valence-corrected chi connectivity index (χ0v) is 17.1. The van der Waals surface area contributed by atoms with Gasteiger partial charge in [0.1, 0.15) is 0 Å². The summed E-state index contributed by atoms with van der Waals surface area (Å²) in [6, 6.07) is 8.13. The molecule has 2 aliphatic heterocycles. The van der Waals surface area contributed by atoms with Crippen LogP contribution in [0.15, 0.2) is 24.3 Å². The fraction of sp³-hybridized carbons (Fsp3) is 0.636. The maximum Gasteiger partial charge on any atom is 0.227 e. The maximum absolute atomic E-state index is 12.7. The second-order valence-corrected chi connectivity index (χ2v) is 8.22. The number of carbonyl (C=O) groups is 2. The fourth-order valence-electron chi connectivity index (χ4n) is 4.32. The Morgan fingerprint density at radius 3 is 2.64 bits per heavy atom. The molecule has 0 radical (unpaired) electrons. The normalized spacial score (nSPS) is 21.7. The minimum absolute atomic E-state index is 0.00688. The number of hydrogen-bond acceptors (Lipinski definition) is 4. The number of benzene rings is 1. The molecule has 1 unspecified atom stereocenters. The summed E-state index contributed by atoms with van der Waals surface area (Å²) in [6.45, 7) is 5.76. The van der Waals surface area contributed by atoms with E-state index < -0.39 is 0 Å². The van der Waals surface area contributed by atoms with Crippen LogP contribution in [0.3, 0.4) is 0 Å². The van der Waals surface area contributed by atoms with Crippen LogP contribution in [0.1, 0.15) is 38.2 Å². The second-order valence-electron chi connectivity index (χ2n) is 8.22. The first-order valence-corrected chi connectivity index (χ1v) is 10.4. The van der Waals surface area contributed by atoms with Crippen LogP contribution in [0.25, 0.3) is 0 Å². The zero-order chi connectivity index (χ0) is 20.0. The minimum Gasteiger partial charge on any atom is -0.384 e. The van der Waals surface area contributed by atoms with Gasteiger partial charge in [0.15, 0.2) is 0 Å². The lowest BCUT2D eigenvalue weighted by atomic mass is 9.79. The van der Waals surface area contributed by atoms with E-state index in [0.717, 1.165) is 44.5 Å². The predicted molar refractivity (Wildman–Crippen MR) is 110 cm³/mol. The third-order valence-electron chi connectivity index (χ3n) is 6.03. The molecular formula is C22H33N3O3. The monoisotopic (exact) mass is 387 g/mol. The second kappa shape index (κ2) is 9.52. The molecule has 2 N–H and O–H groups in total. The number of amides is 2. The van der Waals surface area contributed by atoms with E-state index >= 15 is 0 Å². The van der Waals surface area contributed by atoms with Crippen LogP contribution in [0.2, 0.25) is 0 Å². The summed E-state index contributed by atoms with van der Waals surface area (Å²) in [7, 11) is 1.71. The molecule has 2 saturated heterocycles. The van der Waals surface area contributed by atoms with Crippen molar-refractivity contribution in [1.82, 2.24) is 10.6 Å². The Bertz CT molecular complexity index is 663. The van der Waals surface area contributed by atoms with Gasteiger partial charge in [-0.15, -0.1) is 0 Å². The highest BCUT2D eigenvalue weighted by molar-refractivity contribution is 6.00. The predicted octanol–water partition coefficient (Wildman–Crippen LogP) is 2.12. The molecule has 2 heterocycles. The first-order chi connectivity index (χ1) is 13.6. The van der Waals surface area contributed by atoms with Crippen molar-refractivity contribution < 1.29 is 14.3 Å². The molecule has 0 saturated carbocycles.